The summed E-state index contributed by atoms with van der Waals surface area (Å²) in [5, 5.41) is 10.5. The van der Waals surface area contributed by atoms with Crippen molar-refractivity contribution >= 4 is 23.3 Å². The number of fused-ring (bicyclic) bond motifs is 1. The number of ketones is 1. The molecule has 0 saturated carbocycles. The summed E-state index contributed by atoms with van der Waals surface area (Å²) in [6.45, 7) is 2.05. The number of carboxylic acids is 1. The first-order chi connectivity index (χ1) is 20.4. The average molecular weight is 577 g/mol. The maximum Gasteiger partial charge on any atom is 0.336 e. The van der Waals surface area contributed by atoms with Gasteiger partial charge in [0, 0.05) is 11.1 Å². The molecule has 3 aromatic rings. The van der Waals surface area contributed by atoms with Crippen molar-refractivity contribution in [3.63, 3.8) is 0 Å². The fourth-order valence-corrected chi connectivity index (χ4v) is 4.46. The summed E-state index contributed by atoms with van der Waals surface area (Å²) in [6, 6.07) is 13.6. The van der Waals surface area contributed by atoms with Crippen LogP contribution in [0.25, 0.3) is 5.57 Å². The van der Waals surface area contributed by atoms with Gasteiger partial charge < -0.3 is 38.3 Å². The molecule has 1 aliphatic heterocycles. The molecule has 11 nitrogen and oxygen atoms in total. The number of hydrogen-bond donors (Lipinski definition) is 1. The summed E-state index contributed by atoms with van der Waals surface area (Å²) in [4.78, 5) is 38.5. The molecule has 42 heavy (non-hydrogen) atoms. The zero-order chi connectivity index (χ0) is 30.2. The number of methoxy groups -OCH3 is 3. The number of carboxylic acid groups (broad SMARTS) is 1. The number of ether oxygens (including phenoxy) is 7. The van der Waals surface area contributed by atoms with E-state index in [2.05, 4.69) is 0 Å². The Morgan fingerprint density at radius 1 is 0.929 bits per heavy atom. The summed E-state index contributed by atoms with van der Waals surface area (Å²) in [5.74, 6) is 1.36. The molecule has 0 spiro atoms. The normalized spacial score (nSPS) is 12.8. The van der Waals surface area contributed by atoms with Gasteiger partial charge in [-0.2, -0.15) is 0 Å². The van der Waals surface area contributed by atoms with Crippen LogP contribution >= 0.6 is 0 Å². The second-order valence-corrected chi connectivity index (χ2v) is 8.66. The lowest BCUT2D eigenvalue weighted by Gasteiger charge is -2.24. The summed E-state index contributed by atoms with van der Waals surface area (Å²) < 4.78 is 38.5. The van der Waals surface area contributed by atoms with E-state index < -0.39 is 23.4 Å². The molecule has 3 aromatic carbocycles. The fourth-order valence-electron chi connectivity index (χ4n) is 4.46. The van der Waals surface area contributed by atoms with Crippen LogP contribution in [0.15, 0.2) is 66.4 Å². The van der Waals surface area contributed by atoms with E-state index in [1.807, 2.05) is 0 Å². The third kappa shape index (κ3) is 6.01. The van der Waals surface area contributed by atoms with Gasteiger partial charge in [-0.25, -0.2) is 9.59 Å². The summed E-state index contributed by atoms with van der Waals surface area (Å²) in [7, 11) is 4.31. The molecule has 1 atom stereocenters. The Labute approximate surface area is 241 Å². The van der Waals surface area contributed by atoms with Gasteiger partial charge in [-0.05, 0) is 61.0 Å². The molecule has 1 heterocycles. The lowest BCUT2D eigenvalue weighted by Crippen LogP contribution is -2.19. The van der Waals surface area contributed by atoms with Crippen LogP contribution in [0.2, 0.25) is 0 Å². The fraction of sp³-hybridized carbons (Fsp3) is 0.226. The number of carbonyl (C=O) groups is 2. The quantitative estimate of drug-likeness (QED) is 0.132. The zero-order valence-corrected chi connectivity index (χ0v) is 23.3. The number of benzene rings is 3. The van der Waals surface area contributed by atoms with Crippen LogP contribution in [-0.2, 0) is 14.3 Å². The number of aliphatic carboxylic acids is 1. The molecule has 0 aromatic heterocycles. The van der Waals surface area contributed by atoms with Crippen LogP contribution in [-0.4, -0.2) is 57.5 Å². The van der Waals surface area contributed by atoms with Crippen LogP contribution in [0.4, 0.5) is 0 Å². The van der Waals surface area contributed by atoms with Gasteiger partial charge >= 0.3 is 5.97 Å². The van der Waals surface area contributed by atoms with Crippen molar-refractivity contribution < 1.29 is 52.6 Å². The Morgan fingerprint density at radius 2 is 1.57 bits per heavy atom. The highest BCUT2D eigenvalue weighted by Gasteiger charge is 2.34. The van der Waals surface area contributed by atoms with Gasteiger partial charge in [0.2, 0.25) is 12.5 Å². The minimum Gasteiger partial charge on any atom is -0.497 e. The van der Waals surface area contributed by atoms with Crippen molar-refractivity contribution in [1.82, 2.24) is 0 Å². The van der Waals surface area contributed by atoms with E-state index in [-0.39, 0.29) is 46.3 Å². The zero-order valence-electron chi connectivity index (χ0n) is 23.3. The highest BCUT2D eigenvalue weighted by molar-refractivity contribution is 6.26. The maximum absolute atomic E-state index is 14.3. The third-order valence-electron chi connectivity index (χ3n) is 6.33. The largest absolute Gasteiger partial charge is 0.497 e. The first kappa shape index (κ1) is 29.6. The Bertz CT molecular complexity index is 1520. The van der Waals surface area contributed by atoms with E-state index in [0.717, 1.165) is 0 Å². The topological polar surface area (TPSA) is 136 Å². The molecular weight excluding hydrogens is 548 g/mol. The minimum absolute atomic E-state index is 0.0375. The first-order valence-electron chi connectivity index (χ1n) is 12.7. The highest BCUT2D eigenvalue weighted by Crippen LogP contribution is 2.44. The second kappa shape index (κ2) is 13.3. The SMILES string of the molecule is CCOc1c(OC)cc(C(OC=C=O)C(C(=O)c2ccc(OC)cc2)=C(C(=O)O)c2ccc3c(c2)OCO3)cc1OC. The van der Waals surface area contributed by atoms with Gasteiger partial charge in [0.25, 0.3) is 0 Å². The smallest absolute Gasteiger partial charge is 0.336 e. The van der Waals surface area contributed by atoms with Crippen molar-refractivity contribution in [1.29, 1.82) is 0 Å². The molecule has 11 heteroatoms. The van der Waals surface area contributed by atoms with Gasteiger partial charge in [-0.1, -0.05) is 6.07 Å². The van der Waals surface area contributed by atoms with Crippen molar-refractivity contribution in [3.8, 4) is 34.5 Å². The van der Waals surface area contributed by atoms with Crippen molar-refractivity contribution in [2.45, 2.75) is 13.0 Å². The predicted octanol–water partition coefficient (Wildman–Crippen LogP) is 4.66. The Kier molecular flexibility index (Phi) is 9.36. The molecule has 4 rings (SSSR count). The van der Waals surface area contributed by atoms with Gasteiger partial charge in [0.15, 0.2) is 47.1 Å². The lowest BCUT2D eigenvalue weighted by molar-refractivity contribution is -0.130. The number of Topliss-reactive ketones (excluding diaryl/α,β-unsaturated/α-hetero) is 1. The Hall–Kier alpha value is -5.41. The van der Waals surface area contributed by atoms with Crippen molar-refractivity contribution in [2.75, 3.05) is 34.7 Å². The summed E-state index contributed by atoms with van der Waals surface area (Å²) in [5.41, 5.74) is -0.192. The minimum atomic E-state index is -1.45. The van der Waals surface area contributed by atoms with Crippen LogP contribution < -0.4 is 28.4 Å². The average Bonchev–Trinajstić information content (AvgIpc) is 3.48. The van der Waals surface area contributed by atoms with Crippen LogP contribution in [0.5, 0.6) is 34.5 Å². The molecule has 0 bridgehead atoms. The van der Waals surface area contributed by atoms with Gasteiger partial charge in [-0.15, -0.1) is 0 Å². The number of rotatable bonds is 13. The molecule has 0 fully saturated rings. The number of hydrogen-bond acceptors (Lipinski definition) is 10. The third-order valence-corrected chi connectivity index (χ3v) is 6.33. The van der Waals surface area contributed by atoms with Crippen molar-refractivity contribution in [3.05, 3.63) is 83.1 Å². The predicted molar refractivity (Wildman–Crippen MR) is 149 cm³/mol. The standard InChI is InChI=1S/C31H28O11/c1-5-39-30-24(37-3)15-20(16-25(30)38-4)29(40-13-12-32)27(28(33)18-6-9-21(36-2)10-7-18)26(31(34)35)19-8-11-22-23(14-19)42-17-41-22/h6-11,13-16,29H,5,17H2,1-4H3,(H,34,35). The van der Waals surface area contributed by atoms with Crippen LogP contribution in [0, 0.1) is 0 Å². The van der Waals surface area contributed by atoms with E-state index in [1.165, 1.54) is 63.7 Å². The maximum atomic E-state index is 14.3. The first-order valence-corrected chi connectivity index (χ1v) is 12.7. The Balaban J connectivity index is 2.05. The van der Waals surface area contributed by atoms with Crippen LogP contribution in [0.3, 0.4) is 0 Å². The molecule has 0 radical (unpaired) electrons. The van der Waals surface area contributed by atoms with Crippen molar-refractivity contribution in [2.24, 2.45) is 0 Å². The van der Waals surface area contributed by atoms with E-state index in [4.69, 9.17) is 33.2 Å². The van der Waals surface area contributed by atoms with Gasteiger partial charge in [0.05, 0.1) is 39.1 Å². The highest BCUT2D eigenvalue weighted by atomic mass is 16.7. The van der Waals surface area contributed by atoms with Crippen LogP contribution in [0.1, 0.15) is 34.5 Å². The van der Waals surface area contributed by atoms with E-state index >= 15 is 0 Å². The molecule has 218 valence electrons. The monoisotopic (exact) mass is 576 g/mol. The summed E-state index contributed by atoms with van der Waals surface area (Å²) >= 11 is 0. The van der Waals surface area contributed by atoms with E-state index in [0.29, 0.717) is 30.1 Å². The summed E-state index contributed by atoms with van der Waals surface area (Å²) in [6.07, 6.45) is -0.739. The molecular formula is C31H28O11. The molecule has 1 aliphatic rings. The van der Waals surface area contributed by atoms with E-state index in [9.17, 15) is 19.5 Å². The second-order valence-electron chi connectivity index (χ2n) is 8.66. The molecule has 1 unspecified atom stereocenters. The molecule has 0 amide bonds. The van der Waals surface area contributed by atoms with Gasteiger partial charge in [-0.3, -0.25) is 4.79 Å². The molecule has 0 saturated heterocycles. The molecule has 0 aliphatic carbocycles. The number of carbonyl (C=O) groups excluding carboxylic acids is 2. The van der Waals surface area contributed by atoms with E-state index in [1.54, 1.807) is 25.1 Å². The van der Waals surface area contributed by atoms with Gasteiger partial charge in [0.1, 0.15) is 5.75 Å². The lowest BCUT2D eigenvalue weighted by atomic mass is 9.87. The Morgan fingerprint density at radius 3 is 2.14 bits per heavy atom. The molecule has 1 N–H and O–H groups in total.